The second-order valence-corrected chi connectivity index (χ2v) is 5.01. The fourth-order valence-corrected chi connectivity index (χ4v) is 1.55. The van der Waals surface area contributed by atoms with E-state index in [-0.39, 0.29) is 11.1 Å². The Morgan fingerprint density at radius 2 is 2.12 bits per heavy atom. The van der Waals surface area contributed by atoms with Crippen LogP contribution in [0.15, 0.2) is 10.5 Å². The van der Waals surface area contributed by atoms with Gasteiger partial charge >= 0.3 is 5.97 Å². The normalized spacial score (nSPS) is 12.1. The summed E-state index contributed by atoms with van der Waals surface area (Å²) < 4.78 is 5.46. The molecule has 1 heterocycles. The summed E-state index contributed by atoms with van der Waals surface area (Å²) in [6, 6.07) is 1.61. The topological polar surface area (TPSA) is 53.7 Å². The number of rotatable bonds is 5. The summed E-state index contributed by atoms with van der Waals surface area (Å²) in [6.45, 7) is 8.74. The minimum absolute atomic E-state index is 0.0735. The first-order valence-electron chi connectivity index (χ1n) is 5.81. The molecule has 0 spiro atoms. The van der Waals surface area contributed by atoms with E-state index in [0.717, 1.165) is 6.42 Å². The van der Waals surface area contributed by atoms with Crippen LogP contribution in [-0.2, 0) is 6.54 Å². The van der Waals surface area contributed by atoms with Crippen LogP contribution < -0.4 is 0 Å². The average Bonchev–Trinajstić information content (AvgIpc) is 2.59. The lowest BCUT2D eigenvalue weighted by molar-refractivity contribution is 0.0695. The molecule has 0 unspecified atom stereocenters. The highest BCUT2D eigenvalue weighted by Crippen LogP contribution is 2.22. The highest BCUT2D eigenvalue weighted by molar-refractivity contribution is 5.88. The maximum Gasteiger partial charge on any atom is 0.339 e. The first-order chi connectivity index (χ1) is 7.77. The number of carboxylic acid groups (broad SMARTS) is 1. The lowest BCUT2D eigenvalue weighted by atomic mass is 10.00. The molecule has 4 nitrogen and oxygen atoms in total. The van der Waals surface area contributed by atoms with E-state index in [9.17, 15) is 4.79 Å². The Labute approximate surface area is 102 Å². The molecule has 0 bridgehead atoms. The number of furan rings is 1. The van der Waals surface area contributed by atoms with Crippen LogP contribution in [0.25, 0.3) is 0 Å². The Morgan fingerprint density at radius 1 is 1.53 bits per heavy atom. The van der Waals surface area contributed by atoms with Gasteiger partial charge in [0, 0.05) is 5.54 Å². The van der Waals surface area contributed by atoms with Crippen molar-refractivity contribution in [2.75, 3.05) is 7.05 Å². The molecule has 0 aliphatic heterocycles. The van der Waals surface area contributed by atoms with Crippen LogP contribution in [0, 0.1) is 6.92 Å². The first kappa shape index (κ1) is 13.8. The van der Waals surface area contributed by atoms with Gasteiger partial charge in [-0.1, -0.05) is 6.92 Å². The third kappa shape index (κ3) is 3.09. The molecule has 0 aromatic carbocycles. The van der Waals surface area contributed by atoms with Gasteiger partial charge in [0.25, 0.3) is 0 Å². The summed E-state index contributed by atoms with van der Waals surface area (Å²) in [4.78, 5) is 13.1. The van der Waals surface area contributed by atoms with Crippen LogP contribution in [0.1, 0.15) is 49.1 Å². The summed E-state index contributed by atoms with van der Waals surface area (Å²) in [5, 5.41) is 8.95. The molecule has 0 aliphatic rings. The van der Waals surface area contributed by atoms with Crippen LogP contribution in [0.3, 0.4) is 0 Å². The number of carbonyl (C=O) groups is 1. The van der Waals surface area contributed by atoms with Gasteiger partial charge in [-0.2, -0.15) is 0 Å². The summed E-state index contributed by atoms with van der Waals surface area (Å²) in [6.07, 6.45) is 1.02. The fraction of sp³-hybridized carbons (Fsp3) is 0.615. The van der Waals surface area contributed by atoms with Gasteiger partial charge in [-0.05, 0) is 40.3 Å². The van der Waals surface area contributed by atoms with E-state index in [1.807, 2.05) is 7.05 Å². The predicted molar refractivity (Wildman–Crippen MR) is 66.2 cm³/mol. The van der Waals surface area contributed by atoms with E-state index in [2.05, 4.69) is 25.7 Å². The molecule has 0 saturated carbocycles. The standard InChI is InChI=1S/C13H21NO3/c1-6-13(3,4)14(5)8-10-7-11(12(15)16)9(2)17-10/h7H,6,8H2,1-5H3,(H,15,16). The molecule has 0 atom stereocenters. The number of hydrogen-bond acceptors (Lipinski definition) is 3. The molecule has 96 valence electrons. The molecular weight excluding hydrogens is 218 g/mol. The maximum atomic E-state index is 10.9. The van der Waals surface area contributed by atoms with Gasteiger partial charge in [0.15, 0.2) is 0 Å². The molecule has 1 aromatic rings. The van der Waals surface area contributed by atoms with Crippen molar-refractivity contribution in [3.05, 3.63) is 23.2 Å². The lowest BCUT2D eigenvalue weighted by Crippen LogP contribution is -2.39. The zero-order chi connectivity index (χ0) is 13.2. The third-order valence-electron chi connectivity index (χ3n) is 3.49. The zero-order valence-electron chi connectivity index (χ0n) is 11.2. The van der Waals surface area contributed by atoms with E-state index in [4.69, 9.17) is 9.52 Å². The highest BCUT2D eigenvalue weighted by atomic mass is 16.4. The molecule has 4 heteroatoms. The largest absolute Gasteiger partial charge is 0.478 e. The maximum absolute atomic E-state index is 10.9. The van der Waals surface area contributed by atoms with E-state index < -0.39 is 5.97 Å². The van der Waals surface area contributed by atoms with Gasteiger partial charge in [-0.3, -0.25) is 4.90 Å². The zero-order valence-corrected chi connectivity index (χ0v) is 11.2. The summed E-state index contributed by atoms with van der Waals surface area (Å²) in [5.41, 5.74) is 0.326. The van der Waals surface area contributed by atoms with E-state index >= 15 is 0 Å². The van der Waals surface area contributed by atoms with Gasteiger partial charge in [0.1, 0.15) is 17.1 Å². The molecule has 17 heavy (non-hydrogen) atoms. The molecule has 0 aliphatic carbocycles. The Kier molecular flexibility index (Phi) is 3.98. The van der Waals surface area contributed by atoms with Crippen LogP contribution in [0.2, 0.25) is 0 Å². The van der Waals surface area contributed by atoms with Crippen LogP contribution in [-0.4, -0.2) is 28.6 Å². The smallest absolute Gasteiger partial charge is 0.339 e. The number of aromatic carboxylic acids is 1. The van der Waals surface area contributed by atoms with Crippen molar-refractivity contribution in [2.45, 2.75) is 46.2 Å². The Morgan fingerprint density at radius 3 is 2.53 bits per heavy atom. The summed E-state index contributed by atoms with van der Waals surface area (Å²) in [7, 11) is 2.02. The van der Waals surface area contributed by atoms with Crippen LogP contribution in [0.5, 0.6) is 0 Å². The fourth-order valence-electron chi connectivity index (χ4n) is 1.55. The van der Waals surface area contributed by atoms with E-state index in [0.29, 0.717) is 18.1 Å². The number of carboxylic acids is 1. The first-order valence-corrected chi connectivity index (χ1v) is 5.81. The van der Waals surface area contributed by atoms with Gasteiger partial charge in [0.05, 0.1) is 6.54 Å². The van der Waals surface area contributed by atoms with Crippen molar-refractivity contribution in [1.82, 2.24) is 4.90 Å². The second-order valence-electron chi connectivity index (χ2n) is 5.01. The number of nitrogens with zero attached hydrogens (tertiary/aromatic N) is 1. The molecule has 0 fully saturated rings. The third-order valence-corrected chi connectivity index (χ3v) is 3.49. The van der Waals surface area contributed by atoms with Crippen molar-refractivity contribution in [3.8, 4) is 0 Å². The van der Waals surface area contributed by atoms with Gasteiger partial charge in [0.2, 0.25) is 0 Å². The van der Waals surface area contributed by atoms with E-state index in [1.54, 1.807) is 13.0 Å². The Balaban J connectivity index is 2.83. The number of aryl methyl sites for hydroxylation is 1. The molecular formula is C13H21NO3. The van der Waals surface area contributed by atoms with Crippen LogP contribution in [0.4, 0.5) is 0 Å². The Hall–Kier alpha value is -1.29. The molecule has 1 aromatic heterocycles. The van der Waals surface area contributed by atoms with Crippen molar-refractivity contribution in [3.63, 3.8) is 0 Å². The van der Waals surface area contributed by atoms with Gasteiger partial charge < -0.3 is 9.52 Å². The predicted octanol–water partition coefficient (Wildman–Crippen LogP) is 2.91. The second kappa shape index (κ2) is 4.92. The van der Waals surface area contributed by atoms with Gasteiger partial charge in [-0.15, -0.1) is 0 Å². The minimum atomic E-state index is -0.935. The molecule has 0 saturated heterocycles. The van der Waals surface area contributed by atoms with Crippen molar-refractivity contribution in [1.29, 1.82) is 0 Å². The van der Waals surface area contributed by atoms with E-state index in [1.165, 1.54) is 0 Å². The Bertz CT molecular complexity index is 407. The quantitative estimate of drug-likeness (QED) is 0.858. The molecule has 1 N–H and O–H groups in total. The van der Waals surface area contributed by atoms with Crippen molar-refractivity contribution >= 4 is 5.97 Å². The average molecular weight is 239 g/mol. The van der Waals surface area contributed by atoms with Crippen molar-refractivity contribution < 1.29 is 14.3 Å². The summed E-state index contributed by atoms with van der Waals surface area (Å²) >= 11 is 0. The minimum Gasteiger partial charge on any atom is -0.478 e. The van der Waals surface area contributed by atoms with Crippen molar-refractivity contribution in [2.24, 2.45) is 0 Å². The molecule has 0 amide bonds. The SMILES string of the molecule is CCC(C)(C)N(C)Cc1cc(C(=O)O)c(C)o1. The van der Waals surface area contributed by atoms with Gasteiger partial charge in [-0.25, -0.2) is 4.79 Å². The lowest BCUT2D eigenvalue weighted by Gasteiger charge is -2.34. The number of hydrogen-bond donors (Lipinski definition) is 1. The highest BCUT2D eigenvalue weighted by Gasteiger charge is 2.23. The monoisotopic (exact) mass is 239 g/mol. The summed E-state index contributed by atoms with van der Waals surface area (Å²) in [5.74, 6) is 0.231. The molecule has 1 rings (SSSR count). The molecule has 0 radical (unpaired) electrons. The van der Waals surface area contributed by atoms with Crippen LogP contribution >= 0.6 is 0 Å².